The molecule has 0 unspecified atom stereocenters. The first kappa shape index (κ1) is 18.1. The molecule has 0 aromatic carbocycles. The van der Waals surface area contributed by atoms with E-state index in [-0.39, 0.29) is 24.5 Å². The molecule has 7 heteroatoms. The zero-order valence-electron chi connectivity index (χ0n) is 13.3. The maximum Gasteiger partial charge on any atom is 0.345 e. The molecule has 0 saturated carbocycles. The average Bonchev–Trinajstić information content (AvgIpc) is 2.56. The molecule has 0 radical (unpaired) electrons. The highest BCUT2D eigenvalue weighted by Gasteiger charge is 2.23. The predicted molar refractivity (Wildman–Crippen MR) is 85.6 cm³/mol. The summed E-state index contributed by atoms with van der Waals surface area (Å²) >= 11 is 0. The van der Waals surface area contributed by atoms with E-state index in [0.29, 0.717) is 0 Å². The Morgan fingerprint density at radius 1 is 1.30 bits per heavy atom. The number of ether oxygens (including phenoxy) is 2. The molecule has 0 amide bonds. The largest absolute Gasteiger partial charge is 0.758 e. The van der Waals surface area contributed by atoms with Crippen LogP contribution in [0.4, 0.5) is 5.69 Å². The van der Waals surface area contributed by atoms with Crippen molar-refractivity contribution in [3.8, 4) is 0 Å². The lowest BCUT2D eigenvalue weighted by atomic mass is 10.2. The lowest BCUT2D eigenvalue weighted by Crippen LogP contribution is -2.32. The number of carbonyl (C=O) groups is 2. The van der Waals surface area contributed by atoms with Crippen LogP contribution in [-0.4, -0.2) is 38.1 Å². The number of allylic oxidation sites excluding steroid dienone is 2. The van der Waals surface area contributed by atoms with Gasteiger partial charge in [-0.1, -0.05) is 0 Å². The maximum atomic E-state index is 11.9. The molecule has 1 rings (SSSR count). The minimum absolute atomic E-state index is 0.0817. The van der Waals surface area contributed by atoms with Crippen molar-refractivity contribution in [3.05, 3.63) is 41.6 Å². The summed E-state index contributed by atoms with van der Waals surface area (Å²) in [6.45, 7) is 3.47. The molecule has 0 spiro atoms. The van der Waals surface area contributed by atoms with Crippen LogP contribution in [0.2, 0.25) is 0 Å². The number of nitrogens with zero attached hydrogens (tertiary/aromatic N) is 2. The molecule has 122 valence electrons. The highest BCUT2D eigenvalue weighted by molar-refractivity contribution is 6.15. The summed E-state index contributed by atoms with van der Waals surface area (Å²) in [5.74, 6) is 0.295. The van der Waals surface area contributed by atoms with Crippen molar-refractivity contribution in [2.45, 2.75) is 13.8 Å². The molecule has 1 heterocycles. The second-order valence-corrected chi connectivity index (χ2v) is 4.25. The fourth-order valence-corrected chi connectivity index (χ4v) is 1.69. The number of aromatic nitrogens is 1. The molecule has 1 aromatic heterocycles. The number of anilines is 1. The Hall–Kier alpha value is -2.92. The van der Waals surface area contributed by atoms with Crippen molar-refractivity contribution in [2.75, 3.05) is 25.6 Å². The first-order valence-corrected chi connectivity index (χ1v) is 7.09. The summed E-state index contributed by atoms with van der Waals surface area (Å²) in [5, 5.41) is 12.3. The normalized spacial score (nSPS) is 9.35. The second-order valence-electron chi connectivity index (χ2n) is 4.25. The van der Waals surface area contributed by atoms with Crippen LogP contribution in [0.15, 0.2) is 36.2 Å². The van der Waals surface area contributed by atoms with Crippen LogP contribution in [0.5, 0.6) is 0 Å². The Bertz CT molecular complexity index is 641. The number of hydrogen-bond donors (Lipinski definition) is 1. The lowest BCUT2D eigenvalue weighted by molar-refractivity contribution is -0.576. The van der Waals surface area contributed by atoms with Crippen LogP contribution in [0, 0.1) is 0 Å². The molecule has 0 saturated heterocycles. The first-order valence-electron chi connectivity index (χ1n) is 7.09. The van der Waals surface area contributed by atoms with Gasteiger partial charge in [0.1, 0.15) is 0 Å². The summed E-state index contributed by atoms with van der Waals surface area (Å²) in [5.41, 5.74) is 0.522. The smallest absolute Gasteiger partial charge is 0.345 e. The molecule has 0 aliphatic carbocycles. The Balaban J connectivity index is 3.27. The van der Waals surface area contributed by atoms with Crippen LogP contribution in [0.3, 0.4) is 0 Å². The van der Waals surface area contributed by atoms with Crippen LogP contribution in [0.25, 0.3) is 11.1 Å². The van der Waals surface area contributed by atoms with Crippen molar-refractivity contribution >= 4 is 29.2 Å². The SMILES string of the molecule is CCOC(=O)C(=CC(=C=[N-])[n+]1cccc(NC)c1)C(=O)OCC. The van der Waals surface area contributed by atoms with Crippen LogP contribution < -0.4 is 9.88 Å². The first-order chi connectivity index (χ1) is 11.1. The minimum atomic E-state index is -0.830. The molecule has 23 heavy (non-hydrogen) atoms. The van der Waals surface area contributed by atoms with Crippen molar-refractivity contribution in [1.29, 1.82) is 0 Å². The standard InChI is InChI=1S/C16H19N3O4/c1-4-22-15(20)14(16(21)23-5-2)9-13(10-17)19-8-6-7-12(11-19)18-3/h6-9,11,18H,4-5H2,1-3H3. The topological polar surface area (TPSA) is 90.8 Å². The van der Waals surface area contributed by atoms with Crippen molar-refractivity contribution in [3.63, 3.8) is 0 Å². The average molecular weight is 317 g/mol. The fourth-order valence-electron chi connectivity index (χ4n) is 1.69. The Kier molecular flexibility index (Phi) is 7.23. The van der Waals surface area contributed by atoms with Gasteiger partial charge in [-0.15, -0.1) is 0 Å². The van der Waals surface area contributed by atoms with Gasteiger partial charge in [-0.2, -0.15) is 10.4 Å². The van der Waals surface area contributed by atoms with Crippen molar-refractivity contribution in [1.82, 2.24) is 0 Å². The van der Waals surface area contributed by atoms with Gasteiger partial charge >= 0.3 is 11.9 Å². The van der Waals surface area contributed by atoms with E-state index in [4.69, 9.17) is 9.47 Å². The Morgan fingerprint density at radius 2 is 1.91 bits per heavy atom. The van der Waals surface area contributed by atoms with Crippen molar-refractivity contribution < 1.29 is 23.6 Å². The molecule has 1 N–H and O–H groups in total. The number of pyridine rings is 1. The molecule has 0 aliphatic rings. The third-order valence-electron chi connectivity index (χ3n) is 2.75. The van der Waals surface area contributed by atoms with Gasteiger partial charge in [-0.05, 0) is 19.9 Å². The molecule has 0 fully saturated rings. The third kappa shape index (κ3) is 5.09. The molecule has 1 aromatic rings. The van der Waals surface area contributed by atoms with E-state index < -0.39 is 11.9 Å². The zero-order valence-corrected chi connectivity index (χ0v) is 13.3. The van der Waals surface area contributed by atoms with Gasteiger partial charge in [0.2, 0.25) is 5.70 Å². The lowest BCUT2D eigenvalue weighted by Gasteiger charge is -2.06. The second kappa shape index (κ2) is 9.17. The van der Waals surface area contributed by atoms with Crippen LogP contribution in [-0.2, 0) is 19.1 Å². The van der Waals surface area contributed by atoms with E-state index in [1.807, 2.05) is 11.9 Å². The van der Waals surface area contributed by atoms with Gasteiger partial charge < -0.3 is 20.2 Å². The van der Waals surface area contributed by atoms with E-state index in [0.717, 1.165) is 11.8 Å². The van der Waals surface area contributed by atoms with E-state index >= 15 is 0 Å². The van der Waals surface area contributed by atoms with Gasteiger partial charge in [-0.25, -0.2) is 9.59 Å². The highest BCUT2D eigenvalue weighted by Crippen LogP contribution is 2.08. The number of nitrogens with one attached hydrogen (secondary N) is 1. The maximum absolute atomic E-state index is 11.9. The van der Waals surface area contributed by atoms with E-state index in [2.05, 4.69) is 5.32 Å². The third-order valence-corrected chi connectivity index (χ3v) is 2.75. The number of rotatable bonds is 7. The molecular formula is C16H19N3O4. The van der Waals surface area contributed by atoms with Crippen LogP contribution in [0.1, 0.15) is 13.8 Å². The highest BCUT2D eigenvalue weighted by atomic mass is 16.6. The summed E-state index contributed by atoms with van der Waals surface area (Å²) in [7, 11) is 1.74. The van der Waals surface area contributed by atoms with E-state index in [9.17, 15) is 15.0 Å². The summed E-state index contributed by atoms with van der Waals surface area (Å²) in [6.07, 6.45) is 4.45. The monoisotopic (exact) mass is 317 g/mol. The van der Waals surface area contributed by atoms with Crippen molar-refractivity contribution in [2.24, 2.45) is 0 Å². The predicted octanol–water partition coefficient (Wildman–Crippen LogP) is 1.15. The Morgan fingerprint density at radius 3 is 2.39 bits per heavy atom. The summed E-state index contributed by atoms with van der Waals surface area (Å²) < 4.78 is 11.2. The quantitative estimate of drug-likeness (QED) is 0.155. The molecular weight excluding hydrogens is 298 g/mol. The van der Waals surface area contributed by atoms with Gasteiger partial charge in [-0.3, -0.25) is 0 Å². The number of hydrogen-bond acceptors (Lipinski definition) is 5. The molecule has 0 aliphatic heterocycles. The molecule has 0 bridgehead atoms. The van der Waals surface area contributed by atoms with E-state index in [1.54, 1.807) is 39.4 Å². The number of esters is 2. The zero-order chi connectivity index (χ0) is 17.2. The van der Waals surface area contributed by atoms with Gasteiger partial charge in [0.25, 0.3) is 0 Å². The minimum Gasteiger partial charge on any atom is -0.758 e. The molecule has 7 nitrogen and oxygen atoms in total. The molecule has 0 atom stereocenters. The van der Waals surface area contributed by atoms with Crippen LogP contribution >= 0.6 is 0 Å². The number of carbonyl (C=O) groups excluding carboxylic acids is 2. The summed E-state index contributed by atoms with van der Waals surface area (Å²) in [4.78, 5) is 23.9. The van der Waals surface area contributed by atoms with Gasteiger partial charge in [0.05, 0.1) is 18.9 Å². The fraction of sp³-hybridized carbons (Fsp3) is 0.312. The van der Waals surface area contributed by atoms with Gasteiger partial charge in [0, 0.05) is 19.2 Å². The summed E-state index contributed by atoms with van der Waals surface area (Å²) in [6, 6.07) is 3.54. The van der Waals surface area contributed by atoms with Gasteiger partial charge in [0.15, 0.2) is 18.0 Å². The Labute approximate surface area is 134 Å². The van der Waals surface area contributed by atoms with E-state index in [1.165, 1.54) is 4.57 Å².